The summed E-state index contributed by atoms with van der Waals surface area (Å²) < 4.78 is 92.0. The molecule has 0 unspecified atom stereocenters. The van der Waals surface area contributed by atoms with Gasteiger partial charge in [-0.1, -0.05) is 11.6 Å². The average molecular weight is 573 g/mol. The normalized spacial score (nSPS) is 12.1. The molecule has 8 nitrogen and oxygen atoms in total. The predicted octanol–water partition coefficient (Wildman–Crippen LogP) is 4.62. The monoisotopic (exact) mass is 573 g/mol. The Hall–Kier alpha value is -4.14. The number of carbonyl (C=O) groups excluding carboxylic acids is 1. The van der Waals surface area contributed by atoms with E-state index in [9.17, 15) is 40.7 Å². The van der Waals surface area contributed by atoms with Gasteiger partial charge < -0.3 is 9.47 Å². The Bertz CT molecular complexity index is 1690. The van der Waals surface area contributed by atoms with Crippen molar-refractivity contribution in [2.24, 2.45) is 7.05 Å². The highest BCUT2D eigenvalue weighted by Gasteiger charge is 2.35. The first-order chi connectivity index (χ1) is 18.2. The van der Waals surface area contributed by atoms with Crippen LogP contribution in [0.5, 0.6) is 5.75 Å². The minimum Gasteiger partial charge on any atom is -0.481 e. The third kappa shape index (κ3) is 5.97. The maximum atomic E-state index is 13.2. The van der Waals surface area contributed by atoms with E-state index in [1.807, 2.05) is 0 Å². The summed E-state index contributed by atoms with van der Waals surface area (Å²) in [6, 6.07) is 9.38. The van der Waals surface area contributed by atoms with E-state index in [-0.39, 0.29) is 17.1 Å². The van der Waals surface area contributed by atoms with Gasteiger partial charge in [0.1, 0.15) is 11.4 Å². The molecule has 15 heteroatoms. The summed E-state index contributed by atoms with van der Waals surface area (Å²) in [7, 11) is 0.896. The van der Waals surface area contributed by atoms with Crippen molar-refractivity contribution >= 4 is 27.6 Å². The second-order valence-corrected chi connectivity index (χ2v) is 9.12. The number of alkyl halides is 6. The van der Waals surface area contributed by atoms with E-state index in [1.165, 1.54) is 24.3 Å². The van der Waals surface area contributed by atoms with Crippen molar-refractivity contribution in [3.63, 3.8) is 0 Å². The number of esters is 1. The molecule has 0 saturated carbocycles. The van der Waals surface area contributed by atoms with Crippen molar-refractivity contribution in [1.82, 2.24) is 13.5 Å². The van der Waals surface area contributed by atoms with Crippen molar-refractivity contribution in [2.45, 2.75) is 19.3 Å². The number of hydrogen-bond donors (Lipinski definition) is 0. The zero-order valence-corrected chi connectivity index (χ0v) is 20.8. The molecule has 4 rings (SSSR count). The van der Waals surface area contributed by atoms with Crippen LogP contribution in [0, 0.1) is 6.92 Å². The molecule has 0 atom stereocenters. The predicted molar refractivity (Wildman–Crippen MR) is 128 cm³/mol. The molecule has 206 valence electrons. The molecule has 0 radical (unpaired) electrons. The van der Waals surface area contributed by atoms with Gasteiger partial charge in [-0.25, -0.2) is 14.2 Å². The van der Waals surface area contributed by atoms with Gasteiger partial charge >= 0.3 is 24.0 Å². The molecule has 2 heterocycles. The molecule has 2 aromatic carbocycles. The minimum atomic E-state index is -4.92. The van der Waals surface area contributed by atoms with Gasteiger partial charge in [-0.2, -0.15) is 30.7 Å². The van der Waals surface area contributed by atoms with Gasteiger partial charge in [0.25, 0.3) is 5.56 Å². The Morgan fingerprint density at radius 2 is 1.74 bits per heavy atom. The van der Waals surface area contributed by atoms with Crippen molar-refractivity contribution in [3.8, 4) is 22.7 Å². The summed E-state index contributed by atoms with van der Waals surface area (Å²) >= 11 is 1.04. The molecule has 0 spiro atoms. The highest BCUT2D eigenvalue weighted by atomic mass is 32.1. The number of fused-ring (bicyclic) bond motifs is 1. The third-order valence-corrected chi connectivity index (χ3v) is 6.28. The van der Waals surface area contributed by atoms with Crippen LogP contribution in [-0.2, 0) is 22.8 Å². The second kappa shape index (κ2) is 10.2. The molecule has 0 N–H and O–H groups in total. The summed E-state index contributed by atoms with van der Waals surface area (Å²) in [5.41, 5.74) is -2.45. The van der Waals surface area contributed by atoms with Crippen LogP contribution in [-0.4, -0.2) is 38.9 Å². The highest BCUT2D eigenvalue weighted by Crippen LogP contribution is 2.37. The number of carbonyl (C=O) groups is 1. The lowest BCUT2D eigenvalue weighted by Crippen LogP contribution is -2.40. The first kappa shape index (κ1) is 27.9. The number of rotatable bonds is 6. The molecule has 0 aliphatic carbocycles. The van der Waals surface area contributed by atoms with E-state index in [0.717, 1.165) is 24.1 Å². The molecule has 0 aliphatic rings. The van der Waals surface area contributed by atoms with Gasteiger partial charge in [-0.05, 0) is 48.8 Å². The number of halogens is 6. The summed E-state index contributed by atoms with van der Waals surface area (Å²) in [5, 5.41) is 0.404. The topological polar surface area (TPSA) is 92.4 Å². The van der Waals surface area contributed by atoms with Gasteiger partial charge in [0, 0.05) is 24.1 Å². The SMILES string of the molecule is Cc1ccc(OCC(=O)OCC(F)(F)F)c(-c2nsc3ccc(-n4c(=O)cc(C(F)(F)F)n(C)c4=O)cc23)c1. The average Bonchev–Trinajstić information content (AvgIpc) is 3.26. The standard InChI is InChI=1S/C24H17F6N3O5S/c1-12-3-5-16(37-10-20(35)38-11-23(25,26)27)14(7-12)21-15-8-13(4-6-17(15)39-31-21)33-19(34)9-18(24(28,29)30)32(2)22(33)36/h3-9H,10-11H2,1-2H3. The molecular weight excluding hydrogens is 556 g/mol. The Morgan fingerprint density at radius 1 is 1.03 bits per heavy atom. The number of benzene rings is 2. The number of nitrogens with zero attached hydrogens (tertiary/aromatic N) is 3. The van der Waals surface area contributed by atoms with E-state index in [4.69, 9.17) is 4.74 Å². The van der Waals surface area contributed by atoms with Gasteiger partial charge in [0.15, 0.2) is 13.2 Å². The smallest absolute Gasteiger partial charge is 0.431 e. The molecule has 0 bridgehead atoms. The fourth-order valence-electron chi connectivity index (χ4n) is 3.69. The van der Waals surface area contributed by atoms with Crippen molar-refractivity contribution < 1.29 is 40.6 Å². The molecule has 2 aromatic heterocycles. The molecule has 0 fully saturated rings. The van der Waals surface area contributed by atoms with Crippen molar-refractivity contribution in [2.75, 3.05) is 13.2 Å². The lowest BCUT2D eigenvalue weighted by molar-refractivity contribution is -0.187. The second-order valence-electron chi connectivity index (χ2n) is 8.32. The first-order valence-corrected chi connectivity index (χ1v) is 11.7. The van der Waals surface area contributed by atoms with Crippen LogP contribution in [0.1, 0.15) is 11.3 Å². The zero-order valence-electron chi connectivity index (χ0n) is 20.0. The van der Waals surface area contributed by atoms with Crippen LogP contribution in [0.15, 0.2) is 52.1 Å². The quantitative estimate of drug-likeness (QED) is 0.247. The molecule has 0 saturated heterocycles. The Labute approximate surface area is 218 Å². The van der Waals surface area contributed by atoms with E-state index >= 15 is 0 Å². The van der Waals surface area contributed by atoms with Gasteiger partial charge in [0.2, 0.25) is 0 Å². The van der Waals surface area contributed by atoms with Gasteiger partial charge in [-0.3, -0.25) is 9.36 Å². The lowest BCUT2D eigenvalue weighted by atomic mass is 10.0. The summed E-state index contributed by atoms with van der Waals surface area (Å²) in [4.78, 5) is 37.0. The van der Waals surface area contributed by atoms with Crippen LogP contribution in [0.3, 0.4) is 0 Å². The third-order valence-electron chi connectivity index (χ3n) is 5.45. The fraction of sp³-hybridized carbons (Fsp3) is 0.250. The van der Waals surface area contributed by atoms with E-state index in [2.05, 4.69) is 9.11 Å². The Balaban J connectivity index is 1.75. The van der Waals surface area contributed by atoms with E-state index < -0.39 is 48.5 Å². The van der Waals surface area contributed by atoms with E-state index in [0.29, 0.717) is 30.9 Å². The zero-order chi connectivity index (χ0) is 28.7. The van der Waals surface area contributed by atoms with Gasteiger partial charge in [0.05, 0.1) is 16.1 Å². The number of hydrogen-bond acceptors (Lipinski definition) is 7. The lowest BCUT2D eigenvalue weighted by Gasteiger charge is -2.14. The number of ether oxygens (including phenoxy) is 2. The number of aromatic nitrogens is 3. The Kier molecular flexibility index (Phi) is 7.29. The van der Waals surface area contributed by atoms with Gasteiger partial charge in [-0.15, -0.1) is 0 Å². The molecular formula is C24H17F6N3O5S. The largest absolute Gasteiger partial charge is 0.481 e. The maximum Gasteiger partial charge on any atom is 0.431 e. The van der Waals surface area contributed by atoms with Crippen LogP contribution in [0.4, 0.5) is 26.3 Å². The molecule has 39 heavy (non-hydrogen) atoms. The van der Waals surface area contributed by atoms with Crippen LogP contribution in [0.25, 0.3) is 27.0 Å². The summed E-state index contributed by atoms with van der Waals surface area (Å²) in [5.74, 6) is -1.16. The fourth-order valence-corrected chi connectivity index (χ4v) is 4.46. The molecule has 4 aromatic rings. The maximum absolute atomic E-state index is 13.2. The Morgan fingerprint density at radius 3 is 2.41 bits per heavy atom. The van der Waals surface area contributed by atoms with Crippen molar-refractivity contribution in [1.29, 1.82) is 0 Å². The van der Waals surface area contributed by atoms with Crippen LogP contribution < -0.4 is 16.0 Å². The highest BCUT2D eigenvalue weighted by molar-refractivity contribution is 7.13. The summed E-state index contributed by atoms with van der Waals surface area (Å²) in [6.45, 7) is -0.842. The molecule has 0 amide bonds. The number of aryl methyl sites for hydroxylation is 1. The van der Waals surface area contributed by atoms with Crippen LogP contribution in [0.2, 0.25) is 0 Å². The minimum absolute atomic E-state index is 0.0193. The first-order valence-electron chi connectivity index (χ1n) is 10.9. The van der Waals surface area contributed by atoms with Crippen molar-refractivity contribution in [3.05, 3.63) is 74.6 Å². The van der Waals surface area contributed by atoms with E-state index in [1.54, 1.807) is 19.1 Å². The molecule has 0 aliphatic heterocycles. The summed E-state index contributed by atoms with van der Waals surface area (Å²) in [6.07, 6.45) is -9.61. The van der Waals surface area contributed by atoms with Crippen LogP contribution >= 0.6 is 11.5 Å².